The third-order valence-corrected chi connectivity index (χ3v) is 8.14. The van der Waals surface area contributed by atoms with Crippen LogP contribution in [-0.2, 0) is 13.6 Å². The second-order valence-corrected chi connectivity index (χ2v) is 10.6. The highest BCUT2D eigenvalue weighted by Crippen LogP contribution is 2.37. The lowest BCUT2D eigenvalue weighted by atomic mass is 10.1. The molecule has 0 N–H and O–H groups in total. The maximum absolute atomic E-state index is 11.5. The molecule has 3 nitrogen and oxygen atoms in total. The lowest BCUT2D eigenvalue weighted by molar-refractivity contribution is -0.118. The van der Waals surface area contributed by atoms with E-state index in [1.54, 1.807) is 6.92 Å². The first-order valence-corrected chi connectivity index (χ1v) is 9.72. The lowest BCUT2D eigenvalue weighted by Gasteiger charge is -2.40. The van der Waals surface area contributed by atoms with E-state index in [9.17, 15) is 4.79 Å². The molecule has 21 heavy (non-hydrogen) atoms. The number of hydrogen-bond donors (Lipinski definition) is 0. The van der Waals surface area contributed by atoms with Crippen LogP contribution in [0, 0.1) is 0 Å². The monoisotopic (exact) mass is 312 g/mol. The molecule has 0 heterocycles. The molecule has 0 amide bonds. The van der Waals surface area contributed by atoms with Gasteiger partial charge in [0.05, 0.1) is 6.10 Å². The highest BCUT2D eigenvalue weighted by Gasteiger charge is 2.46. The molecule has 0 bridgehead atoms. The number of ketones is 1. The van der Waals surface area contributed by atoms with Crippen LogP contribution < -0.4 is 0 Å². The van der Waals surface area contributed by atoms with Crippen molar-refractivity contribution in [1.29, 1.82) is 0 Å². The maximum Gasteiger partial charge on any atom is 0.343 e. The number of carbonyl (C=O) groups excluding carboxylic acids is 1. The maximum atomic E-state index is 11.5. The van der Waals surface area contributed by atoms with Crippen LogP contribution in [0.3, 0.4) is 0 Å². The molecule has 0 aromatic rings. The van der Waals surface area contributed by atoms with E-state index >= 15 is 0 Å². The van der Waals surface area contributed by atoms with E-state index in [1.807, 2.05) is 13.0 Å². The predicted molar refractivity (Wildman–Crippen MR) is 91.7 cm³/mol. The van der Waals surface area contributed by atoms with Gasteiger partial charge in [0.25, 0.3) is 0 Å². The zero-order chi connectivity index (χ0) is 16.6. The SMILES string of the molecule is C=CCCO[Si](O[C@H](CC(C)=O)C(=C)C)(C(C)C)C(C)C. The quantitative estimate of drug-likeness (QED) is 0.313. The molecule has 0 aromatic heterocycles. The summed E-state index contributed by atoms with van der Waals surface area (Å²) < 4.78 is 12.7. The molecule has 0 spiro atoms. The molecule has 0 fully saturated rings. The lowest BCUT2D eigenvalue weighted by Crippen LogP contribution is -2.51. The Kier molecular flexibility index (Phi) is 9.02. The Balaban J connectivity index is 5.28. The van der Waals surface area contributed by atoms with Gasteiger partial charge in [-0.25, -0.2) is 0 Å². The number of Topliss-reactive ketones (excluding diaryl/α,β-unsaturated/α-hetero) is 1. The molecule has 0 aliphatic heterocycles. The number of rotatable bonds is 11. The Hall–Kier alpha value is -0.713. The average molecular weight is 313 g/mol. The first kappa shape index (κ1) is 20.3. The minimum atomic E-state index is -2.44. The summed E-state index contributed by atoms with van der Waals surface area (Å²) in [6, 6.07) is 0. The van der Waals surface area contributed by atoms with Crippen molar-refractivity contribution in [3.05, 3.63) is 24.8 Å². The van der Waals surface area contributed by atoms with Gasteiger partial charge in [0.2, 0.25) is 0 Å². The summed E-state index contributed by atoms with van der Waals surface area (Å²) in [6.45, 7) is 20.4. The molecule has 1 atom stereocenters. The molecule has 0 aliphatic carbocycles. The smallest absolute Gasteiger partial charge is 0.343 e. The highest BCUT2D eigenvalue weighted by molar-refractivity contribution is 6.70. The van der Waals surface area contributed by atoms with Crippen LogP contribution in [0.5, 0.6) is 0 Å². The molecular formula is C17H32O3Si. The Morgan fingerprint density at radius 1 is 1.19 bits per heavy atom. The van der Waals surface area contributed by atoms with Crippen LogP contribution in [0.25, 0.3) is 0 Å². The molecule has 0 unspecified atom stereocenters. The summed E-state index contributed by atoms with van der Waals surface area (Å²) >= 11 is 0. The third kappa shape index (κ3) is 6.28. The van der Waals surface area contributed by atoms with Crippen molar-refractivity contribution in [2.75, 3.05) is 6.61 Å². The van der Waals surface area contributed by atoms with Crippen molar-refractivity contribution in [2.45, 2.75) is 71.6 Å². The van der Waals surface area contributed by atoms with Gasteiger partial charge in [-0.15, -0.1) is 6.58 Å². The third-order valence-electron chi connectivity index (χ3n) is 3.61. The molecule has 0 radical (unpaired) electrons. The van der Waals surface area contributed by atoms with E-state index in [0.29, 0.717) is 24.1 Å². The zero-order valence-corrected chi connectivity index (χ0v) is 15.6. The van der Waals surface area contributed by atoms with E-state index in [1.165, 1.54) is 0 Å². The summed E-state index contributed by atoms with van der Waals surface area (Å²) in [6.07, 6.45) is 2.78. The summed E-state index contributed by atoms with van der Waals surface area (Å²) in [4.78, 5) is 11.5. The van der Waals surface area contributed by atoms with E-state index in [4.69, 9.17) is 8.85 Å². The van der Waals surface area contributed by atoms with Gasteiger partial charge < -0.3 is 8.85 Å². The second-order valence-electron chi connectivity index (χ2n) is 6.32. The number of hydrogen-bond acceptors (Lipinski definition) is 3. The Labute approximate surface area is 131 Å². The van der Waals surface area contributed by atoms with Gasteiger partial charge in [0, 0.05) is 13.0 Å². The second kappa shape index (κ2) is 9.33. The normalized spacial score (nSPS) is 13.5. The van der Waals surface area contributed by atoms with Crippen molar-refractivity contribution in [1.82, 2.24) is 0 Å². The summed E-state index contributed by atoms with van der Waals surface area (Å²) in [5.41, 5.74) is 1.49. The number of carbonyl (C=O) groups is 1. The van der Waals surface area contributed by atoms with Gasteiger partial charge in [-0.05, 0) is 31.4 Å². The van der Waals surface area contributed by atoms with Crippen LogP contribution in [0.4, 0.5) is 0 Å². The van der Waals surface area contributed by atoms with E-state index in [0.717, 1.165) is 12.0 Å². The Morgan fingerprint density at radius 2 is 1.71 bits per heavy atom. The standard InChI is InChI=1S/C17H32O3Si/c1-9-10-11-19-21(14(4)5,15(6)7)20-17(13(2)3)12-16(8)18/h9,14-15,17H,1-2,10-12H2,3-8H3/t17-/m1/s1. The van der Waals surface area contributed by atoms with Crippen LogP contribution in [0.1, 0.15) is 54.4 Å². The topological polar surface area (TPSA) is 35.5 Å². The molecule has 0 saturated carbocycles. The van der Waals surface area contributed by atoms with E-state index in [-0.39, 0.29) is 11.9 Å². The highest BCUT2D eigenvalue weighted by atomic mass is 28.4. The summed E-state index contributed by atoms with van der Waals surface area (Å²) in [5.74, 6) is 0.115. The average Bonchev–Trinajstić information content (AvgIpc) is 2.35. The fourth-order valence-corrected chi connectivity index (χ4v) is 6.19. The van der Waals surface area contributed by atoms with Crippen LogP contribution >= 0.6 is 0 Å². The Bertz CT molecular complexity index is 353. The molecular weight excluding hydrogens is 280 g/mol. The summed E-state index contributed by atoms with van der Waals surface area (Å²) in [5, 5.41) is 0. The zero-order valence-electron chi connectivity index (χ0n) is 14.6. The van der Waals surface area contributed by atoms with Crippen molar-refractivity contribution in [3.63, 3.8) is 0 Å². The predicted octanol–water partition coefficient (Wildman–Crippen LogP) is 4.78. The largest absolute Gasteiger partial charge is 0.394 e. The molecule has 0 saturated heterocycles. The first-order chi connectivity index (χ1) is 9.67. The van der Waals surface area contributed by atoms with Gasteiger partial charge in [-0.2, -0.15) is 0 Å². The van der Waals surface area contributed by atoms with E-state index in [2.05, 4.69) is 40.9 Å². The molecule has 0 rings (SSSR count). The van der Waals surface area contributed by atoms with Crippen molar-refractivity contribution in [2.24, 2.45) is 0 Å². The van der Waals surface area contributed by atoms with Crippen LogP contribution in [-0.4, -0.2) is 27.1 Å². The van der Waals surface area contributed by atoms with Gasteiger partial charge in [0.15, 0.2) is 0 Å². The fourth-order valence-electron chi connectivity index (χ4n) is 2.41. The molecule has 4 heteroatoms. The van der Waals surface area contributed by atoms with Gasteiger partial charge in [-0.1, -0.05) is 45.9 Å². The van der Waals surface area contributed by atoms with Crippen LogP contribution in [0.2, 0.25) is 11.1 Å². The van der Waals surface area contributed by atoms with Crippen molar-refractivity contribution in [3.8, 4) is 0 Å². The minimum Gasteiger partial charge on any atom is -0.394 e. The van der Waals surface area contributed by atoms with Crippen molar-refractivity contribution < 1.29 is 13.6 Å². The van der Waals surface area contributed by atoms with Gasteiger partial charge >= 0.3 is 8.56 Å². The summed E-state index contributed by atoms with van der Waals surface area (Å²) in [7, 11) is -2.44. The molecule has 0 aromatic carbocycles. The van der Waals surface area contributed by atoms with E-state index < -0.39 is 8.56 Å². The van der Waals surface area contributed by atoms with Gasteiger partial charge in [-0.3, -0.25) is 4.79 Å². The first-order valence-electron chi connectivity index (χ1n) is 7.74. The molecule has 122 valence electrons. The van der Waals surface area contributed by atoms with Crippen molar-refractivity contribution >= 4 is 14.3 Å². The van der Waals surface area contributed by atoms with Crippen LogP contribution in [0.15, 0.2) is 24.8 Å². The fraction of sp³-hybridized carbons (Fsp3) is 0.706. The minimum absolute atomic E-state index is 0.115. The molecule has 0 aliphatic rings. The Morgan fingerprint density at radius 3 is 2.05 bits per heavy atom. The van der Waals surface area contributed by atoms with Gasteiger partial charge in [0.1, 0.15) is 5.78 Å².